The van der Waals surface area contributed by atoms with Gasteiger partial charge >= 0.3 is 7.60 Å². The average Bonchev–Trinajstić information content (AvgIpc) is 2.31. The van der Waals surface area contributed by atoms with Crippen molar-refractivity contribution in [3.05, 3.63) is 0 Å². The molecule has 8 heteroatoms. The van der Waals surface area contributed by atoms with E-state index in [2.05, 4.69) is 0 Å². The monoisotopic (exact) mass is 238 g/mol. The third kappa shape index (κ3) is 1.93. The summed E-state index contributed by atoms with van der Waals surface area (Å²) in [6.07, 6.45) is 0. The van der Waals surface area contributed by atoms with E-state index in [9.17, 15) is 9.36 Å². The fourth-order valence-corrected chi connectivity index (χ4v) is 2.29. The number of nitrogens with two attached hydrogens (primary N) is 1. The van der Waals surface area contributed by atoms with E-state index in [0.29, 0.717) is 5.06 Å². The van der Waals surface area contributed by atoms with Crippen LogP contribution in [-0.4, -0.2) is 43.7 Å². The van der Waals surface area contributed by atoms with Crippen LogP contribution in [0.1, 0.15) is 13.8 Å². The van der Waals surface area contributed by atoms with Gasteiger partial charge in [0, 0.05) is 5.92 Å². The topological polar surface area (TPSA) is 124 Å². The minimum absolute atomic E-state index is 0.155. The molecule has 0 aromatic rings. The van der Waals surface area contributed by atoms with E-state index in [1.165, 1.54) is 13.8 Å². The van der Waals surface area contributed by atoms with E-state index in [0.717, 1.165) is 0 Å². The second-order valence-corrected chi connectivity index (χ2v) is 6.49. The highest BCUT2D eigenvalue weighted by Gasteiger charge is 2.53. The molecule has 0 aromatic carbocycles. The molecule has 15 heavy (non-hydrogen) atoms. The molecule has 0 aromatic heterocycles. The van der Waals surface area contributed by atoms with E-state index in [1.807, 2.05) is 0 Å². The molecule has 0 aliphatic carbocycles. The van der Waals surface area contributed by atoms with Gasteiger partial charge in [-0.05, 0) is 13.8 Å². The Morgan fingerprint density at radius 3 is 2.27 bits per heavy atom. The quantitative estimate of drug-likeness (QED) is 0.365. The molecule has 1 aliphatic rings. The average molecular weight is 238 g/mol. The summed E-state index contributed by atoms with van der Waals surface area (Å²) in [6, 6.07) is -1.07. The molecule has 1 heterocycles. The van der Waals surface area contributed by atoms with Gasteiger partial charge in [0.15, 0.2) is 0 Å². The first-order chi connectivity index (χ1) is 6.59. The summed E-state index contributed by atoms with van der Waals surface area (Å²) in [6.45, 7) is 2.52. The number of carbonyl (C=O) groups is 1. The Balaban J connectivity index is 3.01. The lowest BCUT2D eigenvalue weighted by molar-refractivity contribution is -0.158. The predicted molar refractivity (Wildman–Crippen MR) is 51.1 cm³/mol. The summed E-state index contributed by atoms with van der Waals surface area (Å²) < 4.78 is 11.2. The van der Waals surface area contributed by atoms with Gasteiger partial charge in [0.1, 0.15) is 0 Å². The van der Waals surface area contributed by atoms with Gasteiger partial charge < -0.3 is 15.5 Å². The smallest absolute Gasteiger partial charge is 0.324 e. The summed E-state index contributed by atoms with van der Waals surface area (Å²) in [5, 5.41) is 8.10. The zero-order valence-corrected chi connectivity index (χ0v) is 9.39. The normalized spacial score (nSPS) is 28.7. The predicted octanol–water partition coefficient (Wildman–Crippen LogP) is -0.882. The molecule has 0 bridgehead atoms. The molecular weight excluding hydrogens is 223 g/mol. The second kappa shape index (κ2) is 3.54. The van der Waals surface area contributed by atoms with Crippen molar-refractivity contribution in [2.24, 2.45) is 11.7 Å². The molecule has 0 radical (unpaired) electrons. The third-order valence-corrected chi connectivity index (χ3v) is 4.83. The van der Waals surface area contributed by atoms with Gasteiger partial charge in [-0.1, -0.05) is 0 Å². The van der Waals surface area contributed by atoms with Crippen molar-refractivity contribution in [1.29, 1.82) is 0 Å². The maximum Gasteiger partial charge on any atom is 0.331 e. The number of hydrogen-bond acceptors (Lipinski definition) is 4. The summed E-state index contributed by atoms with van der Waals surface area (Å²) in [5.41, 5.74) is 5.50. The van der Waals surface area contributed by atoms with Crippen molar-refractivity contribution in [2.75, 3.05) is 6.54 Å². The lowest BCUT2D eigenvalue weighted by atomic mass is 9.90. The molecule has 5 N–H and O–H groups in total. The molecule has 2 unspecified atom stereocenters. The van der Waals surface area contributed by atoms with Crippen molar-refractivity contribution in [2.45, 2.75) is 25.0 Å². The summed E-state index contributed by atoms with van der Waals surface area (Å²) in [5.74, 6) is -1.47. The fourth-order valence-electron chi connectivity index (χ4n) is 1.61. The molecule has 1 amide bonds. The highest BCUT2D eigenvalue weighted by molar-refractivity contribution is 7.53. The van der Waals surface area contributed by atoms with Crippen LogP contribution in [0.25, 0.3) is 0 Å². The number of amides is 1. The van der Waals surface area contributed by atoms with Crippen LogP contribution in [0.3, 0.4) is 0 Å². The van der Waals surface area contributed by atoms with Crippen LogP contribution in [0.4, 0.5) is 0 Å². The molecular formula is C7H15N2O5P. The number of hydrogen-bond donors (Lipinski definition) is 4. The number of rotatable bonds is 2. The van der Waals surface area contributed by atoms with Crippen molar-refractivity contribution in [1.82, 2.24) is 5.06 Å². The van der Waals surface area contributed by atoms with Crippen LogP contribution in [0.15, 0.2) is 0 Å². The van der Waals surface area contributed by atoms with E-state index in [-0.39, 0.29) is 6.54 Å². The lowest BCUT2D eigenvalue weighted by Gasteiger charge is -2.32. The van der Waals surface area contributed by atoms with E-state index in [1.54, 1.807) is 0 Å². The van der Waals surface area contributed by atoms with Gasteiger partial charge in [-0.15, -0.1) is 0 Å². The molecule has 1 saturated heterocycles. The van der Waals surface area contributed by atoms with Gasteiger partial charge in [0.05, 0.1) is 17.7 Å². The maximum absolute atomic E-state index is 11.2. The molecule has 7 nitrogen and oxygen atoms in total. The Morgan fingerprint density at radius 2 is 2.00 bits per heavy atom. The third-order valence-electron chi connectivity index (χ3n) is 3.00. The van der Waals surface area contributed by atoms with Gasteiger partial charge in [-0.3, -0.25) is 14.6 Å². The summed E-state index contributed by atoms with van der Waals surface area (Å²) >= 11 is 0. The standard InChI is InChI=1S/C7H15N2O5P/c1-7(2,15(12,13)14)4-3-9(11)6(10)5(4)8/h4-5,11H,3,8H2,1-2H3,(H2,12,13,14). The Bertz CT molecular complexity index is 325. The zero-order chi connectivity index (χ0) is 12.0. The molecule has 1 fully saturated rings. The van der Waals surface area contributed by atoms with Crippen LogP contribution in [0.2, 0.25) is 0 Å². The van der Waals surface area contributed by atoms with Crippen LogP contribution >= 0.6 is 7.60 Å². The fraction of sp³-hybridized carbons (Fsp3) is 0.857. The van der Waals surface area contributed by atoms with Crippen LogP contribution < -0.4 is 5.73 Å². The number of nitrogens with zero attached hydrogens (tertiary/aromatic N) is 1. The van der Waals surface area contributed by atoms with Crippen LogP contribution in [0.5, 0.6) is 0 Å². The summed E-state index contributed by atoms with van der Waals surface area (Å²) in [4.78, 5) is 29.5. The molecule has 0 spiro atoms. The van der Waals surface area contributed by atoms with Crippen LogP contribution in [-0.2, 0) is 9.36 Å². The maximum atomic E-state index is 11.2. The van der Waals surface area contributed by atoms with Crippen molar-refractivity contribution in [3.8, 4) is 0 Å². The molecule has 1 rings (SSSR count). The highest BCUT2D eigenvalue weighted by Crippen LogP contribution is 2.55. The van der Waals surface area contributed by atoms with E-state index in [4.69, 9.17) is 20.7 Å². The first kappa shape index (κ1) is 12.6. The minimum atomic E-state index is -4.38. The highest BCUT2D eigenvalue weighted by atomic mass is 31.2. The molecule has 2 atom stereocenters. The van der Waals surface area contributed by atoms with Gasteiger partial charge in [0.25, 0.3) is 5.91 Å². The number of carbonyl (C=O) groups excluding carboxylic acids is 1. The van der Waals surface area contributed by atoms with Gasteiger partial charge in [-0.25, -0.2) is 5.06 Å². The van der Waals surface area contributed by atoms with Gasteiger partial charge in [-0.2, -0.15) is 0 Å². The first-order valence-corrected chi connectivity index (χ1v) is 6.01. The Morgan fingerprint density at radius 1 is 1.53 bits per heavy atom. The molecule has 88 valence electrons. The Kier molecular flexibility index (Phi) is 2.97. The van der Waals surface area contributed by atoms with E-state index >= 15 is 0 Å². The lowest BCUT2D eigenvalue weighted by Crippen LogP contribution is -2.44. The van der Waals surface area contributed by atoms with Crippen molar-refractivity contribution in [3.63, 3.8) is 0 Å². The van der Waals surface area contributed by atoms with Crippen molar-refractivity contribution >= 4 is 13.5 Å². The molecule has 0 saturated carbocycles. The second-order valence-electron chi connectivity index (χ2n) is 4.25. The SMILES string of the molecule is CC(C)(C1CN(O)C(=O)C1N)P(=O)(O)O. The minimum Gasteiger partial charge on any atom is -0.324 e. The van der Waals surface area contributed by atoms with Gasteiger partial charge in [0.2, 0.25) is 0 Å². The zero-order valence-electron chi connectivity index (χ0n) is 8.49. The Labute approximate surface area is 87.0 Å². The van der Waals surface area contributed by atoms with E-state index < -0.39 is 30.6 Å². The first-order valence-electron chi connectivity index (χ1n) is 4.40. The molecule has 1 aliphatic heterocycles. The van der Waals surface area contributed by atoms with Crippen molar-refractivity contribution < 1.29 is 24.4 Å². The Hall–Kier alpha value is -0.460. The number of hydroxylamine groups is 2. The summed E-state index contributed by atoms with van der Waals surface area (Å²) in [7, 11) is -4.38. The largest absolute Gasteiger partial charge is 0.331 e. The van der Waals surface area contributed by atoms with Crippen LogP contribution in [0, 0.1) is 5.92 Å².